The van der Waals surface area contributed by atoms with Gasteiger partial charge in [0.1, 0.15) is 0 Å². The number of nitrogens with zero attached hydrogens (tertiary/aromatic N) is 4. The average Bonchev–Trinajstić information content (AvgIpc) is 3.24. The zero-order chi connectivity index (χ0) is 23.3. The molecule has 1 aromatic carbocycles. The van der Waals surface area contributed by atoms with Crippen molar-refractivity contribution < 1.29 is 32.2 Å². The van der Waals surface area contributed by atoms with E-state index in [1.807, 2.05) is 6.92 Å². The predicted octanol–water partition coefficient (Wildman–Crippen LogP) is 3.51. The quantitative estimate of drug-likeness (QED) is 0.550. The van der Waals surface area contributed by atoms with Gasteiger partial charge in [-0.1, -0.05) is 6.92 Å². The zero-order valence-electron chi connectivity index (χ0n) is 17.0. The normalized spacial score (nSPS) is 11.2. The molecular weight excluding hydrogens is 431 g/mol. The predicted molar refractivity (Wildman–Crippen MR) is 106 cm³/mol. The molecule has 2 aromatic heterocycles. The van der Waals surface area contributed by atoms with E-state index >= 15 is 0 Å². The summed E-state index contributed by atoms with van der Waals surface area (Å²) in [5.74, 6) is -1.71. The van der Waals surface area contributed by atoms with Gasteiger partial charge in [0.2, 0.25) is 5.88 Å². The third-order valence-corrected chi connectivity index (χ3v) is 4.15. The monoisotopic (exact) mass is 449 g/mol. The van der Waals surface area contributed by atoms with Crippen LogP contribution in [0, 0.1) is 0 Å². The molecule has 3 rings (SSSR count). The van der Waals surface area contributed by atoms with Crippen molar-refractivity contribution in [2.75, 3.05) is 19.0 Å². The molecule has 32 heavy (non-hydrogen) atoms. The minimum absolute atomic E-state index is 0.106. The minimum atomic E-state index is -4.91. The highest BCUT2D eigenvalue weighted by Crippen LogP contribution is 2.33. The lowest BCUT2D eigenvalue weighted by Crippen LogP contribution is -2.21. The van der Waals surface area contributed by atoms with Crippen molar-refractivity contribution in [3.63, 3.8) is 0 Å². The maximum absolute atomic E-state index is 13.8. The molecular formula is C20H18F3N5O4. The number of halogens is 3. The fourth-order valence-corrected chi connectivity index (χ4v) is 2.66. The molecule has 168 valence electrons. The van der Waals surface area contributed by atoms with Crippen LogP contribution in [0.25, 0.3) is 5.82 Å². The van der Waals surface area contributed by atoms with Crippen LogP contribution >= 0.6 is 0 Å². The lowest BCUT2D eigenvalue weighted by atomic mass is 10.2. The van der Waals surface area contributed by atoms with Crippen molar-refractivity contribution in [3.8, 4) is 11.7 Å². The van der Waals surface area contributed by atoms with Gasteiger partial charge in [-0.25, -0.2) is 9.48 Å². The van der Waals surface area contributed by atoms with E-state index in [9.17, 15) is 22.8 Å². The Kier molecular flexibility index (Phi) is 6.71. The van der Waals surface area contributed by atoms with E-state index in [0.717, 1.165) is 6.20 Å². The summed E-state index contributed by atoms with van der Waals surface area (Å²) in [6.07, 6.45) is -3.45. The topological polar surface area (TPSA) is 108 Å². The van der Waals surface area contributed by atoms with Crippen molar-refractivity contribution in [1.29, 1.82) is 0 Å². The molecule has 0 saturated carbocycles. The Hall–Kier alpha value is -3.96. The molecule has 0 spiro atoms. The van der Waals surface area contributed by atoms with Gasteiger partial charge < -0.3 is 14.8 Å². The molecule has 2 heterocycles. The van der Waals surface area contributed by atoms with E-state index in [-0.39, 0.29) is 29.6 Å². The average molecular weight is 449 g/mol. The Bertz CT molecular complexity index is 1100. The van der Waals surface area contributed by atoms with Crippen LogP contribution in [-0.2, 0) is 10.9 Å². The number of carbonyl (C=O) groups excluding carboxylic acids is 2. The molecule has 12 heteroatoms. The molecule has 0 aliphatic rings. The largest absolute Gasteiger partial charge is 0.480 e. The van der Waals surface area contributed by atoms with Crippen LogP contribution in [0.5, 0.6) is 5.88 Å². The zero-order valence-corrected chi connectivity index (χ0v) is 17.0. The summed E-state index contributed by atoms with van der Waals surface area (Å²) in [5, 5.41) is 13.3. The molecule has 0 aliphatic carbocycles. The number of alkyl halides is 3. The molecule has 0 atom stereocenters. The molecule has 3 aromatic rings. The number of nitrogens with one attached hydrogen (secondary N) is 1. The number of amides is 1. The van der Waals surface area contributed by atoms with E-state index in [0.29, 0.717) is 11.1 Å². The molecule has 9 nitrogen and oxygen atoms in total. The number of anilines is 1. The molecule has 0 bridgehead atoms. The lowest BCUT2D eigenvalue weighted by Gasteiger charge is -2.12. The van der Waals surface area contributed by atoms with Gasteiger partial charge in [-0.2, -0.15) is 18.3 Å². The molecule has 1 amide bonds. The standard InChI is InChI=1S/C20H18F3N5O4/c1-3-10-32-19(30)12-4-6-13(7-5-12)25-18(29)14-11-24-28(17(14)20(21,22)23)15-8-9-16(31-2)27-26-15/h4-9,11H,3,10H2,1-2H3,(H,25,29). The first-order chi connectivity index (χ1) is 15.2. The smallest absolute Gasteiger partial charge is 0.434 e. The summed E-state index contributed by atoms with van der Waals surface area (Å²) in [7, 11) is 1.34. The van der Waals surface area contributed by atoms with Gasteiger partial charge in [0.25, 0.3) is 5.91 Å². The molecule has 0 radical (unpaired) electrons. The summed E-state index contributed by atoms with van der Waals surface area (Å²) < 4.78 is 51.6. The van der Waals surface area contributed by atoms with Gasteiger partial charge in [0.15, 0.2) is 11.5 Å². The van der Waals surface area contributed by atoms with Crippen molar-refractivity contribution >= 4 is 17.6 Å². The van der Waals surface area contributed by atoms with E-state index in [1.165, 1.54) is 43.5 Å². The molecule has 0 unspecified atom stereocenters. The third-order valence-electron chi connectivity index (χ3n) is 4.15. The van der Waals surface area contributed by atoms with Gasteiger partial charge in [-0.15, -0.1) is 10.2 Å². The van der Waals surface area contributed by atoms with Crippen LogP contribution < -0.4 is 10.1 Å². The van der Waals surface area contributed by atoms with E-state index < -0.39 is 29.3 Å². The second-order valence-electron chi connectivity index (χ2n) is 6.42. The summed E-state index contributed by atoms with van der Waals surface area (Å²) >= 11 is 0. The Balaban J connectivity index is 1.85. The van der Waals surface area contributed by atoms with Crippen molar-refractivity contribution in [3.05, 3.63) is 59.4 Å². The van der Waals surface area contributed by atoms with Crippen LogP contribution in [-0.4, -0.2) is 45.6 Å². The van der Waals surface area contributed by atoms with Crippen LogP contribution in [0.15, 0.2) is 42.6 Å². The highest BCUT2D eigenvalue weighted by molar-refractivity contribution is 6.05. The van der Waals surface area contributed by atoms with Gasteiger partial charge in [0.05, 0.1) is 31.0 Å². The van der Waals surface area contributed by atoms with Crippen molar-refractivity contribution in [2.45, 2.75) is 19.5 Å². The number of hydrogen-bond donors (Lipinski definition) is 1. The number of benzene rings is 1. The first kappa shape index (κ1) is 22.7. The van der Waals surface area contributed by atoms with Crippen molar-refractivity contribution in [2.24, 2.45) is 0 Å². The van der Waals surface area contributed by atoms with Gasteiger partial charge >= 0.3 is 12.1 Å². The van der Waals surface area contributed by atoms with Gasteiger partial charge in [-0.3, -0.25) is 4.79 Å². The number of methoxy groups -OCH3 is 1. The number of rotatable bonds is 7. The third kappa shape index (κ3) is 5.02. The number of aromatic nitrogens is 4. The first-order valence-electron chi connectivity index (χ1n) is 9.36. The van der Waals surface area contributed by atoms with E-state index in [2.05, 4.69) is 20.6 Å². The number of esters is 1. The molecule has 0 fully saturated rings. The first-order valence-corrected chi connectivity index (χ1v) is 9.36. The second kappa shape index (κ2) is 9.45. The van der Waals surface area contributed by atoms with Gasteiger partial charge in [-0.05, 0) is 36.8 Å². The Labute approximate surface area is 180 Å². The van der Waals surface area contributed by atoms with Crippen LogP contribution in [0.3, 0.4) is 0 Å². The summed E-state index contributed by atoms with van der Waals surface area (Å²) in [6.45, 7) is 2.12. The molecule has 1 N–H and O–H groups in total. The lowest BCUT2D eigenvalue weighted by molar-refractivity contribution is -0.143. The second-order valence-corrected chi connectivity index (χ2v) is 6.42. The van der Waals surface area contributed by atoms with Gasteiger partial charge in [0, 0.05) is 11.8 Å². The van der Waals surface area contributed by atoms with E-state index in [4.69, 9.17) is 9.47 Å². The van der Waals surface area contributed by atoms with Crippen LogP contribution in [0.1, 0.15) is 39.8 Å². The Morgan fingerprint density at radius 2 is 1.81 bits per heavy atom. The number of ether oxygens (including phenoxy) is 2. The van der Waals surface area contributed by atoms with E-state index in [1.54, 1.807) is 0 Å². The summed E-state index contributed by atoms with van der Waals surface area (Å²) in [5.41, 5.74) is -1.58. The fourth-order valence-electron chi connectivity index (χ4n) is 2.66. The highest BCUT2D eigenvalue weighted by atomic mass is 19.4. The SMILES string of the molecule is CCCOC(=O)c1ccc(NC(=O)c2cnn(-c3ccc(OC)nn3)c2C(F)(F)F)cc1. The number of carbonyl (C=O) groups is 2. The fraction of sp³-hybridized carbons (Fsp3) is 0.250. The summed E-state index contributed by atoms with van der Waals surface area (Å²) in [4.78, 5) is 24.4. The number of hydrogen-bond acceptors (Lipinski definition) is 7. The minimum Gasteiger partial charge on any atom is -0.480 e. The maximum Gasteiger partial charge on any atom is 0.434 e. The summed E-state index contributed by atoms with van der Waals surface area (Å²) in [6, 6.07) is 8.10. The molecule has 0 saturated heterocycles. The highest BCUT2D eigenvalue weighted by Gasteiger charge is 2.41. The maximum atomic E-state index is 13.8. The van der Waals surface area contributed by atoms with Crippen molar-refractivity contribution in [1.82, 2.24) is 20.0 Å². The Morgan fingerprint density at radius 3 is 2.38 bits per heavy atom. The Morgan fingerprint density at radius 1 is 1.09 bits per heavy atom. The van der Waals surface area contributed by atoms with Crippen LogP contribution in [0.2, 0.25) is 0 Å². The molecule has 0 aliphatic heterocycles. The van der Waals surface area contributed by atoms with Crippen LogP contribution in [0.4, 0.5) is 18.9 Å².